The van der Waals surface area contributed by atoms with Gasteiger partial charge in [0.1, 0.15) is 4.21 Å². The van der Waals surface area contributed by atoms with Crippen LogP contribution in [-0.2, 0) is 10.0 Å². The van der Waals surface area contributed by atoms with Crippen molar-refractivity contribution in [2.24, 2.45) is 11.7 Å². The van der Waals surface area contributed by atoms with Gasteiger partial charge in [-0.1, -0.05) is 13.8 Å². The van der Waals surface area contributed by atoms with Gasteiger partial charge in [-0.15, -0.1) is 11.3 Å². The highest BCUT2D eigenvalue weighted by Gasteiger charge is 2.31. The fraction of sp³-hybridized carbons (Fsp3) is 0.636. The normalized spacial score (nSPS) is 15.9. The maximum Gasteiger partial charge on any atom is 0.251 e. The van der Waals surface area contributed by atoms with E-state index in [0.29, 0.717) is 21.0 Å². The fourth-order valence-electron chi connectivity index (χ4n) is 1.91. The van der Waals surface area contributed by atoms with Gasteiger partial charge in [0.2, 0.25) is 0 Å². The molecule has 0 fully saturated rings. The third-order valence-electron chi connectivity index (χ3n) is 2.52. The third kappa shape index (κ3) is 4.03. The van der Waals surface area contributed by atoms with Gasteiger partial charge in [-0.2, -0.15) is 0 Å². The topological polar surface area (TPSA) is 72.2 Å². The van der Waals surface area contributed by atoms with E-state index < -0.39 is 15.6 Å². The van der Waals surface area contributed by atoms with Crippen LogP contribution in [0, 0.1) is 5.92 Å². The molecule has 0 saturated heterocycles. The van der Waals surface area contributed by atoms with Gasteiger partial charge in [0.05, 0.1) is 0 Å². The Balaban J connectivity index is 2.98. The lowest BCUT2D eigenvalue weighted by Crippen LogP contribution is -2.51. The summed E-state index contributed by atoms with van der Waals surface area (Å²) in [5.41, 5.74) is 5.10. The number of nitrogens with one attached hydrogen (secondary N) is 1. The van der Waals surface area contributed by atoms with Crippen molar-refractivity contribution in [1.29, 1.82) is 0 Å². The van der Waals surface area contributed by atoms with Crippen molar-refractivity contribution in [3.05, 3.63) is 15.9 Å². The molecule has 0 spiro atoms. The molecule has 0 saturated carbocycles. The minimum absolute atomic E-state index is 0.271. The molecule has 0 amide bonds. The Morgan fingerprint density at radius 2 is 2.17 bits per heavy atom. The summed E-state index contributed by atoms with van der Waals surface area (Å²) in [6.45, 7) is 6.20. The quantitative estimate of drug-likeness (QED) is 0.824. The third-order valence-corrected chi connectivity index (χ3v) is 6.83. The number of nitrogens with two attached hydrogens (primary N) is 1. The number of halogens is 1. The number of hydrogen-bond acceptors (Lipinski definition) is 4. The SMILES string of the molecule is CC(C)CC(C)(CN)NS(=O)(=O)c1sccc1Br. The minimum Gasteiger partial charge on any atom is -0.329 e. The van der Waals surface area contributed by atoms with Crippen LogP contribution in [0.3, 0.4) is 0 Å². The first-order chi connectivity index (χ1) is 8.20. The van der Waals surface area contributed by atoms with Gasteiger partial charge in [-0.3, -0.25) is 0 Å². The van der Waals surface area contributed by atoms with E-state index in [0.717, 1.165) is 0 Å². The lowest BCUT2D eigenvalue weighted by atomic mass is 9.92. The van der Waals surface area contributed by atoms with Crippen molar-refractivity contribution in [3.63, 3.8) is 0 Å². The molecule has 104 valence electrons. The molecule has 1 heterocycles. The van der Waals surface area contributed by atoms with E-state index in [1.807, 2.05) is 20.8 Å². The zero-order valence-corrected chi connectivity index (χ0v) is 14.0. The van der Waals surface area contributed by atoms with E-state index in [1.54, 1.807) is 11.4 Å². The molecule has 1 aromatic rings. The van der Waals surface area contributed by atoms with Crippen LogP contribution in [-0.4, -0.2) is 20.5 Å². The highest BCUT2D eigenvalue weighted by molar-refractivity contribution is 9.10. The van der Waals surface area contributed by atoms with Crippen molar-refractivity contribution < 1.29 is 8.42 Å². The lowest BCUT2D eigenvalue weighted by Gasteiger charge is -2.30. The maximum absolute atomic E-state index is 12.3. The van der Waals surface area contributed by atoms with E-state index in [4.69, 9.17) is 5.73 Å². The molecule has 0 aliphatic carbocycles. The van der Waals surface area contributed by atoms with Crippen LogP contribution in [0.15, 0.2) is 20.1 Å². The minimum atomic E-state index is -3.52. The Labute approximate surface area is 121 Å². The first-order valence-corrected chi connectivity index (χ1v) is 8.83. The number of hydrogen-bond donors (Lipinski definition) is 2. The summed E-state index contributed by atoms with van der Waals surface area (Å²) >= 11 is 4.43. The van der Waals surface area contributed by atoms with Gasteiger partial charge in [-0.05, 0) is 46.6 Å². The molecular weight excluding hydrogens is 336 g/mol. The molecule has 7 heteroatoms. The van der Waals surface area contributed by atoms with Gasteiger partial charge in [-0.25, -0.2) is 13.1 Å². The Morgan fingerprint density at radius 1 is 1.56 bits per heavy atom. The molecule has 1 aromatic heterocycles. The molecule has 0 aliphatic heterocycles. The van der Waals surface area contributed by atoms with E-state index in [1.165, 1.54) is 11.3 Å². The van der Waals surface area contributed by atoms with E-state index >= 15 is 0 Å². The summed E-state index contributed by atoms with van der Waals surface area (Å²) in [5, 5.41) is 1.74. The molecule has 0 aromatic carbocycles. The van der Waals surface area contributed by atoms with Gasteiger partial charge in [0.15, 0.2) is 0 Å². The molecule has 4 nitrogen and oxygen atoms in total. The van der Waals surface area contributed by atoms with Crippen LogP contribution < -0.4 is 10.5 Å². The highest BCUT2D eigenvalue weighted by atomic mass is 79.9. The Kier molecular flexibility index (Phi) is 5.37. The molecule has 18 heavy (non-hydrogen) atoms. The van der Waals surface area contributed by atoms with Crippen molar-refractivity contribution in [2.75, 3.05) is 6.54 Å². The largest absolute Gasteiger partial charge is 0.329 e. The van der Waals surface area contributed by atoms with Crippen LogP contribution in [0.2, 0.25) is 0 Å². The summed E-state index contributed by atoms with van der Waals surface area (Å²) in [4.78, 5) is 0. The van der Waals surface area contributed by atoms with Crippen molar-refractivity contribution in [1.82, 2.24) is 4.72 Å². The van der Waals surface area contributed by atoms with Gasteiger partial charge >= 0.3 is 0 Å². The summed E-state index contributed by atoms with van der Waals surface area (Å²) in [5.74, 6) is 0.369. The monoisotopic (exact) mass is 354 g/mol. The lowest BCUT2D eigenvalue weighted by molar-refractivity contribution is 0.345. The standard InChI is InChI=1S/C11H19BrN2O2S2/c1-8(2)6-11(3,7-13)14-18(15,16)10-9(12)4-5-17-10/h4-5,8,14H,6-7,13H2,1-3H3. The number of rotatable bonds is 6. The summed E-state index contributed by atoms with van der Waals surface area (Å²) < 4.78 is 28.2. The Bertz CT molecular complexity index is 499. The molecule has 3 N–H and O–H groups in total. The van der Waals surface area contributed by atoms with Crippen LogP contribution in [0.25, 0.3) is 0 Å². The molecule has 0 bridgehead atoms. The second kappa shape index (κ2) is 6.00. The van der Waals surface area contributed by atoms with Crippen LogP contribution in [0.5, 0.6) is 0 Å². The highest BCUT2D eigenvalue weighted by Crippen LogP contribution is 2.29. The van der Waals surface area contributed by atoms with Crippen molar-refractivity contribution >= 4 is 37.3 Å². The second-order valence-corrected chi connectivity index (χ2v) is 8.67. The molecule has 1 unspecified atom stereocenters. The molecule has 1 rings (SSSR count). The maximum atomic E-state index is 12.3. The average Bonchev–Trinajstić information content (AvgIpc) is 2.63. The van der Waals surface area contributed by atoms with Gasteiger partial charge in [0.25, 0.3) is 10.0 Å². The Hall–Kier alpha value is 0.0500. The molecule has 0 radical (unpaired) electrons. The van der Waals surface area contributed by atoms with E-state index in [9.17, 15) is 8.42 Å². The molecule has 0 aliphatic rings. The second-order valence-electron chi connectivity index (χ2n) is 5.02. The van der Waals surface area contributed by atoms with E-state index in [2.05, 4.69) is 20.7 Å². The predicted molar refractivity (Wildman–Crippen MR) is 79.3 cm³/mol. The predicted octanol–water partition coefficient (Wildman–Crippen LogP) is 2.55. The number of sulfonamides is 1. The van der Waals surface area contributed by atoms with Gasteiger partial charge in [0, 0.05) is 16.6 Å². The summed E-state index contributed by atoms with van der Waals surface area (Å²) in [7, 11) is -3.52. The van der Waals surface area contributed by atoms with E-state index in [-0.39, 0.29) is 6.54 Å². The summed E-state index contributed by atoms with van der Waals surface area (Å²) in [6.07, 6.45) is 0.700. The fourth-order valence-corrected chi connectivity index (χ4v) is 5.68. The Morgan fingerprint density at radius 3 is 2.56 bits per heavy atom. The van der Waals surface area contributed by atoms with Crippen LogP contribution in [0.1, 0.15) is 27.2 Å². The first kappa shape index (κ1) is 16.1. The van der Waals surface area contributed by atoms with Gasteiger partial charge < -0.3 is 5.73 Å². The smallest absolute Gasteiger partial charge is 0.251 e. The number of thiophene rings is 1. The van der Waals surface area contributed by atoms with Crippen molar-refractivity contribution in [2.45, 2.75) is 36.9 Å². The van der Waals surface area contributed by atoms with Crippen molar-refractivity contribution in [3.8, 4) is 0 Å². The summed E-state index contributed by atoms with van der Waals surface area (Å²) in [6, 6.07) is 1.72. The zero-order chi connectivity index (χ0) is 14.0. The zero-order valence-electron chi connectivity index (χ0n) is 10.7. The van der Waals surface area contributed by atoms with Crippen LogP contribution >= 0.6 is 27.3 Å². The van der Waals surface area contributed by atoms with Crippen LogP contribution in [0.4, 0.5) is 0 Å². The molecule has 1 atom stereocenters. The molecular formula is C11H19BrN2O2S2. The first-order valence-electron chi connectivity index (χ1n) is 5.67. The average molecular weight is 355 g/mol.